The van der Waals surface area contributed by atoms with Gasteiger partial charge < -0.3 is 9.29 Å². The highest BCUT2D eigenvalue weighted by Crippen LogP contribution is 2.29. The molecule has 0 aromatic carbocycles. The monoisotopic (exact) mass is 242 g/mol. The summed E-state index contributed by atoms with van der Waals surface area (Å²) >= 11 is -1.89. The zero-order chi connectivity index (χ0) is 11.5. The number of nitrogens with zero attached hydrogens (tertiary/aromatic N) is 2. The Kier molecular flexibility index (Phi) is 3.63. The van der Waals surface area contributed by atoms with E-state index in [9.17, 15) is 8.76 Å². The van der Waals surface area contributed by atoms with Gasteiger partial charge in [0.1, 0.15) is 6.10 Å². The second-order valence-corrected chi connectivity index (χ2v) is 5.02. The van der Waals surface area contributed by atoms with E-state index in [4.69, 9.17) is 4.74 Å². The van der Waals surface area contributed by atoms with Crippen LogP contribution in [0.4, 0.5) is 0 Å². The van der Waals surface area contributed by atoms with Gasteiger partial charge in [0.2, 0.25) is 0 Å². The highest BCUT2D eigenvalue weighted by atomic mass is 32.2. The van der Waals surface area contributed by atoms with Gasteiger partial charge in [-0.25, -0.2) is 14.2 Å². The van der Waals surface area contributed by atoms with Crippen LogP contribution in [0.2, 0.25) is 0 Å². The molecule has 3 atom stereocenters. The first kappa shape index (κ1) is 11.6. The fourth-order valence-electron chi connectivity index (χ4n) is 1.75. The maximum Gasteiger partial charge on any atom is 0.159 e. The van der Waals surface area contributed by atoms with Crippen LogP contribution in [-0.4, -0.2) is 30.6 Å². The molecule has 0 aliphatic carbocycles. The van der Waals surface area contributed by atoms with E-state index in [-0.39, 0.29) is 0 Å². The van der Waals surface area contributed by atoms with Crippen molar-refractivity contribution in [2.24, 2.45) is 0 Å². The highest BCUT2D eigenvalue weighted by Gasteiger charge is 2.33. The Balaban J connectivity index is 2.23. The maximum atomic E-state index is 11.2. The Morgan fingerprint density at radius 3 is 2.81 bits per heavy atom. The molecule has 0 saturated carbocycles. The van der Waals surface area contributed by atoms with E-state index >= 15 is 0 Å². The minimum absolute atomic E-state index is 0.420. The van der Waals surface area contributed by atoms with Crippen LogP contribution in [0.3, 0.4) is 0 Å². The van der Waals surface area contributed by atoms with Gasteiger partial charge in [0, 0.05) is 19.0 Å². The molecule has 0 amide bonds. The number of hydrogen-bond acceptors (Lipinski definition) is 4. The van der Waals surface area contributed by atoms with Gasteiger partial charge >= 0.3 is 0 Å². The van der Waals surface area contributed by atoms with E-state index in [0.29, 0.717) is 18.9 Å². The third-order valence-electron chi connectivity index (χ3n) is 2.58. The molecule has 1 N–H and O–H groups in total. The predicted molar refractivity (Wildman–Crippen MR) is 59.3 cm³/mol. The molecule has 88 valence electrons. The first-order chi connectivity index (χ1) is 7.68. The summed E-state index contributed by atoms with van der Waals surface area (Å²) in [6.45, 7) is 2.49. The number of hydrogen-bond donors (Lipinski definition) is 1. The third kappa shape index (κ3) is 2.45. The molecule has 1 fully saturated rings. The minimum atomic E-state index is -1.89. The molecule has 1 aliphatic heterocycles. The SMILES string of the molecule is Cc1cnc([C@@H]2OCCC[C@@H]2S(=O)O)nc1. The van der Waals surface area contributed by atoms with E-state index < -0.39 is 22.4 Å². The van der Waals surface area contributed by atoms with Gasteiger partial charge in [0.25, 0.3) is 0 Å². The lowest BCUT2D eigenvalue weighted by Crippen LogP contribution is -2.32. The van der Waals surface area contributed by atoms with Crippen molar-refractivity contribution in [2.45, 2.75) is 31.1 Å². The van der Waals surface area contributed by atoms with Gasteiger partial charge in [-0.15, -0.1) is 0 Å². The summed E-state index contributed by atoms with van der Waals surface area (Å²) in [6, 6.07) is 0. The molecule has 2 heterocycles. The van der Waals surface area contributed by atoms with Crippen molar-refractivity contribution in [1.29, 1.82) is 0 Å². The summed E-state index contributed by atoms with van der Waals surface area (Å²) in [4.78, 5) is 8.31. The second-order valence-electron chi connectivity index (χ2n) is 3.87. The average molecular weight is 242 g/mol. The predicted octanol–water partition coefficient (Wildman–Crippen LogP) is 1.23. The Labute approximate surface area is 96.5 Å². The number of ether oxygens (including phenoxy) is 1. The van der Waals surface area contributed by atoms with Crippen molar-refractivity contribution in [3.05, 3.63) is 23.8 Å². The lowest BCUT2D eigenvalue weighted by atomic mass is 10.1. The molecule has 6 heteroatoms. The minimum Gasteiger partial charge on any atom is -0.369 e. The van der Waals surface area contributed by atoms with Crippen molar-refractivity contribution in [1.82, 2.24) is 9.97 Å². The molecule has 1 aliphatic rings. The fraction of sp³-hybridized carbons (Fsp3) is 0.600. The normalized spacial score (nSPS) is 27.6. The van der Waals surface area contributed by atoms with E-state index in [0.717, 1.165) is 12.0 Å². The first-order valence-electron chi connectivity index (χ1n) is 5.18. The second kappa shape index (κ2) is 4.99. The van der Waals surface area contributed by atoms with E-state index in [1.54, 1.807) is 12.4 Å². The van der Waals surface area contributed by atoms with Crippen molar-refractivity contribution in [3.63, 3.8) is 0 Å². The van der Waals surface area contributed by atoms with Crippen LogP contribution < -0.4 is 0 Å². The molecule has 16 heavy (non-hydrogen) atoms. The lowest BCUT2D eigenvalue weighted by molar-refractivity contribution is 0.0122. The number of rotatable bonds is 2. The van der Waals surface area contributed by atoms with Crippen LogP contribution in [0, 0.1) is 6.92 Å². The molecule has 2 rings (SSSR count). The summed E-state index contributed by atoms with van der Waals surface area (Å²) in [7, 11) is 0. The molecule has 1 unspecified atom stereocenters. The molecule has 1 aromatic rings. The highest BCUT2D eigenvalue weighted by molar-refractivity contribution is 7.79. The Hall–Kier alpha value is -0.850. The van der Waals surface area contributed by atoms with Crippen molar-refractivity contribution >= 4 is 11.1 Å². The van der Waals surface area contributed by atoms with Crippen LogP contribution in [0.15, 0.2) is 12.4 Å². The topological polar surface area (TPSA) is 72.3 Å². The smallest absolute Gasteiger partial charge is 0.159 e. The van der Waals surface area contributed by atoms with Crippen LogP contribution in [0.1, 0.15) is 30.3 Å². The number of aryl methyl sites for hydroxylation is 1. The molecule has 0 bridgehead atoms. The average Bonchev–Trinajstić information content (AvgIpc) is 2.30. The Morgan fingerprint density at radius 2 is 2.19 bits per heavy atom. The number of aromatic nitrogens is 2. The largest absolute Gasteiger partial charge is 0.369 e. The molecule has 5 nitrogen and oxygen atoms in total. The third-order valence-corrected chi connectivity index (χ3v) is 3.58. The summed E-state index contributed by atoms with van der Waals surface area (Å²) in [5.41, 5.74) is 0.959. The van der Waals surface area contributed by atoms with Gasteiger partial charge in [0.05, 0.1) is 5.25 Å². The van der Waals surface area contributed by atoms with Crippen LogP contribution in [0.5, 0.6) is 0 Å². The zero-order valence-electron chi connectivity index (χ0n) is 9.00. The van der Waals surface area contributed by atoms with E-state index in [2.05, 4.69) is 9.97 Å². The standard InChI is InChI=1S/C10H14N2O3S/c1-7-5-11-10(12-6-7)9-8(16(13)14)3-2-4-15-9/h5-6,8-9H,2-4H2,1H3,(H,13,14)/t8-,9+/m0/s1. The summed E-state index contributed by atoms with van der Waals surface area (Å²) < 4.78 is 25.9. The van der Waals surface area contributed by atoms with E-state index in [1.807, 2.05) is 6.92 Å². The van der Waals surface area contributed by atoms with Gasteiger partial charge in [-0.2, -0.15) is 0 Å². The zero-order valence-corrected chi connectivity index (χ0v) is 9.81. The maximum absolute atomic E-state index is 11.2. The first-order valence-corrected chi connectivity index (χ1v) is 6.35. The van der Waals surface area contributed by atoms with Crippen molar-refractivity contribution in [2.75, 3.05) is 6.61 Å². The van der Waals surface area contributed by atoms with E-state index in [1.165, 1.54) is 0 Å². The Morgan fingerprint density at radius 1 is 1.50 bits per heavy atom. The molecular weight excluding hydrogens is 228 g/mol. The van der Waals surface area contributed by atoms with Gasteiger partial charge in [-0.3, -0.25) is 0 Å². The van der Waals surface area contributed by atoms with Crippen molar-refractivity contribution in [3.8, 4) is 0 Å². The van der Waals surface area contributed by atoms with Crippen LogP contribution >= 0.6 is 0 Å². The van der Waals surface area contributed by atoms with Crippen molar-refractivity contribution < 1.29 is 13.5 Å². The van der Waals surface area contributed by atoms with Crippen LogP contribution in [-0.2, 0) is 15.8 Å². The fourth-order valence-corrected chi connectivity index (χ4v) is 2.53. The summed E-state index contributed by atoms with van der Waals surface area (Å²) in [6.07, 6.45) is 4.40. The Bertz CT molecular complexity index is 382. The van der Waals surface area contributed by atoms with Gasteiger partial charge in [0.15, 0.2) is 16.9 Å². The molecular formula is C10H14N2O3S. The summed E-state index contributed by atoms with van der Waals surface area (Å²) in [5.74, 6) is 0.498. The molecule has 1 aromatic heterocycles. The van der Waals surface area contributed by atoms with Gasteiger partial charge in [-0.05, 0) is 25.3 Å². The van der Waals surface area contributed by atoms with Gasteiger partial charge in [-0.1, -0.05) is 0 Å². The van der Waals surface area contributed by atoms with Crippen LogP contribution in [0.25, 0.3) is 0 Å². The lowest BCUT2D eigenvalue weighted by Gasteiger charge is -2.27. The molecule has 1 saturated heterocycles. The molecule has 0 spiro atoms. The molecule has 0 radical (unpaired) electrons. The summed E-state index contributed by atoms with van der Waals surface area (Å²) in [5, 5.41) is -0.420. The quantitative estimate of drug-likeness (QED) is 0.790.